The monoisotopic (exact) mass is 310 g/mol. The molecule has 0 saturated heterocycles. The van der Waals surface area contributed by atoms with Crippen molar-refractivity contribution in [2.75, 3.05) is 5.75 Å². The molecule has 5 nitrogen and oxygen atoms in total. The van der Waals surface area contributed by atoms with Crippen molar-refractivity contribution >= 4 is 17.5 Å². The largest absolute Gasteiger partial charge is 0.293 e. The molecule has 3 rings (SSSR count). The molecule has 0 saturated carbocycles. The van der Waals surface area contributed by atoms with Gasteiger partial charge in [0.05, 0.1) is 5.75 Å². The summed E-state index contributed by atoms with van der Waals surface area (Å²) in [6.07, 6.45) is 3.56. The number of aryl methyl sites for hydroxylation is 1. The number of imidazole rings is 1. The first-order valence-electron chi connectivity index (χ1n) is 6.79. The molecule has 0 spiro atoms. The van der Waals surface area contributed by atoms with Crippen LogP contribution in [-0.4, -0.2) is 31.3 Å². The minimum absolute atomic E-state index is 0.0851. The quantitative estimate of drug-likeness (QED) is 0.535. The molecule has 0 aliphatic rings. The van der Waals surface area contributed by atoms with E-state index in [9.17, 15) is 4.79 Å². The van der Waals surface area contributed by atoms with Gasteiger partial charge in [-0.25, -0.2) is 4.98 Å². The van der Waals surface area contributed by atoms with Gasteiger partial charge in [0.2, 0.25) is 0 Å². The van der Waals surface area contributed by atoms with Crippen molar-refractivity contribution < 1.29 is 4.79 Å². The number of thioether (sulfide) groups is 1. The van der Waals surface area contributed by atoms with Crippen LogP contribution in [0.2, 0.25) is 0 Å². The standard InChI is InChI=1S/C16H14N4OS/c1-12-17-9-10-20(12)15-7-8-16(19-18-15)22-11-14(21)13-5-3-2-4-6-13/h2-10H,11H2,1H3. The third-order valence-corrected chi connectivity index (χ3v) is 4.07. The van der Waals surface area contributed by atoms with Crippen LogP contribution in [0.3, 0.4) is 0 Å². The number of aromatic nitrogens is 4. The van der Waals surface area contributed by atoms with Crippen molar-refractivity contribution in [3.05, 3.63) is 66.2 Å². The minimum Gasteiger partial charge on any atom is -0.293 e. The Morgan fingerprint density at radius 1 is 1.14 bits per heavy atom. The molecule has 0 aliphatic carbocycles. The smallest absolute Gasteiger partial charge is 0.173 e. The van der Waals surface area contributed by atoms with Crippen LogP contribution in [0.5, 0.6) is 0 Å². The number of hydrogen-bond donors (Lipinski definition) is 0. The molecule has 110 valence electrons. The lowest BCUT2D eigenvalue weighted by Gasteiger charge is -2.04. The van der Waals surface area contributed by atoms with Crippen molar-refractivity contribution in [3.63, 3.8) is 0 Å². The Morgan fingerprint density at radius 2 is 1.95 bits per heavy atom. The Hall–Kier alpha value is -2.47. The molecule has 2 aromatic heterocycles. The summed E-state index contributed by atoms with van der Waals surface area (Å²) in [5.74, 6) is 2.01. The van der Waals surface area contributed by atoms with Gasteiger partial charge < -0.3 is 0 Å². The molecular weight excluding hydrogens is 296 g/mol. The third kappa shape index (κ3) is 3.23. The molecular formula is C16H14N4OS. The van der Waals surface area contributed by atoms with Crippen LogP contribution in [0.4, 0.5) is 0 Å². The number of Topliss-reactive ketones (excluding diaryl/α,β-unsaturated/α-hetero) is 1. The lowest BCUT2D eigenvalue weighted by molar-refractivity contribution is 0.102. The van der Waals surface area contributed by atoms with Crippen molar-refractivity contribution in [2.45, 2.75) is 11.9 Å². The van der Waals surface area contributed by atoms with Crippen LogP contribution in [0.1, 0.15) is 16.2 Å². The molecule has 0 radical (unpaired) electrons. The van der Waals surface area contributed by atoms with Gasteiger partial charge in [-0.05, 0) is 19.1 Å². The molecule has 22 heavy (non-hydrogen) atoms. The van der Waals surface area contributed by atoms with E-state index in [0.29, 0.717) is 17.1 Å². The molecule has 1 aromatic carbocycles. The van der Waals surface area contributed by atoms with Crippen LogP contribution in [0.15, 0.2) is 59.9 Å². The second-order valence-corrected chi connectivity index (χ2v) is 5.65. The summed E-state index contributed by atoms with van der Waals surface area (Å²) >= 11 is 1.39. The Balaban J connectivity index is 1.65. The Kier molecular flexibility index (Phi) is 4.29. The van der Waals surface area contributed by atoms with Crippen molar-refractivity contribution in [1.82, 2.24) is 19.7 Å². The summed E-state index contributed by atoms with van der Waals surface area (Å²) in [7, 11) is 0. The Bertz CT molecular complexity index is 768. The molecule has 0 fully saturated rings. The lowest BCUT2D eigenvalue weighted by atomic mass is 10.2. The summed E-state index contributed by atoms with van der Waals surface area (Å²) in [4.78, 5) is 16.2. The first kappa shape index (κ1) is 14.5. The van der Waals surface area contributed by atoms with Gasteiger partial charge in [0.15, 0.2) is 11.6 Å². The van der Waals surface area contributed by atoms with Crippen LogP contribution >= 0.6 is 11.8 Å². The highest BCUT2D eigenvalue weighted by atomic mass is 32.2. The fourth-order valence-corrected chi connectivity index (χ4v) is 2.69. The molecule has 2 heterocycles. The average molecular weight is 310 g/mol. The fraction of sp³-hybridized carbons (Fsp3) is 0.125. The maximum atomic E-state index is 12.0. The molecule has 0 aliphatic heterocycles. The highest BCUT2D eigenvalue weighted by molar-refractivity contribution is 7.99. The summed E-state index contributed by atoms with van der Waals surface area (Å²) in [6.45, 7) is 1.91. The molecule has 0 unspecified atom stereocenters. The number of benzene rings is 1. The fourth-order valence-electron chi connectivity index (χ4n) is 1.99. The predicted octanol–water partition coefficient (Wildman–Crippen LogP) is 2.95. The van der Waals surface area contributed by atoms with Crippen molar-refractivity contribution in [3.8, 4) is 5.82 Å². The first-order chi connectivity index (χ1) is 10.7. The SMILES string of the molecule is Cc1nccn1-c1ccc(SCC(=O)c2ccccc2)nn1. The predicted molar refractivity (Wildman–Crippen MR) is 85.4 cm³/mol. The molecule has 3 aromatic rings. The molecule has 0 N–H and O–H groups in total. The number of rotatable bonds is 5. The minimum atomic E-state index is 0.0851. The van der Waals surface area contributed by atoms with Gasteiger partial charge >= 0.3 is 0 Å². The number of ketones is 1. The van der Waals surface area contributed by atoms with E-state index >= 15 is 0 Å². The second kappa shape index (κ2) is 6.53. The zero-order chi connectivity index (χ0) is 15.4. The van der Waals surface area contributed by atoms with E-state index in [-0.39, 0.29) is 5.78 Å². The third-order valence-electron chi connectivity index (χ3n) is 3.15. The van der Waals surface area contributed by atoms with Crippen molar-refractivity contribution in [2.24, 2.45) is 0 Å². The zero-order valence-corrected chi connectivity index (χ0v) is 12.8. The van der Waals surface area contributed by atoms with Gasteiger partial charge in [0, 0.05) is 18.0 Å². The maximum absolute atomic E-state index is 12.0. The first-order valence-corrected chi connectivity index (χ1v) is 7.78. The van der Waals surface area contributed by atoms with Gasteiger partial charge in [0.1, 0.15) is 10.9 Å². The normalized spacial score (nSPS) is 10.6. The second-order valence-electron chi connectivity index (χ2n) is 4.65. The highest BCUT2D eigenvalue weighted by Crippen LogP contribution is 2.17. The number of nitrogens with zero attached hydrogens (tertiary/aromatic N) is 4. The van der Waals surface area contributed by atoms with Gasteiger partial charge in [-0.2, -0.15) is 0 Å². The summed E-state index contributed by atoms with van der Waals surface area (Å²) < 4.78 is 1.86. The maximum Gasteiger partial charge on any atom is 0.173 e. The lowest BCUT2D eigenvalue weighted by Crippen LogP contribution is -2.03. The van der Waals surface area contributed by atoms with Gasteiger partial charge in [-0.3, -0.25) is 9.36 Å². The van der Waals surface area contributed by atoms with E-state index in [1.165, 1.54) is 11.8 Å². The Morgan fingerprint density at radius 3 is 2.59 bits per heavy atom. The van der Waals surface area contributed by atoms with Gasteiger partial charge in [-0.15, -0.1) is 10.2 Å². The van der Waals surface area contributed by atoms with Gasteiger partial charge in [0.25, 0.3) is 0 Å². The van der Waals surface area contributed by atoms with E-state index in [1.54, 1.807) is 6.20 Å². The van der Waals surface area contributed by atoms with Gasteiger partial charge in [-0.1, -0.05) is 42.1 Å². The van der Waals surface area contributed by atoms with Crippen LogP contribution < -0.4 is 0 Å². The van der Waals surface area contributed by atoms with Crippen molar-refractivity contribution in [1.29, 1.82) is 0 Å². The summed E-state index contributed by atoms with van der Waals surface area (Å²) in [5, 5.41) is 9.05. The summed E-state index contributed by atoms with van der Waals surface area (Å²) in [6, 6.07) is 13.0. The number of hydrogen-bond acceptors (Lipinski definition) is 5. The highest BCUT2D eigenvalue weighted by Gasteiger charge is 2.08. The zero-order valence-electron chi connectivity index (χ0n) is 12.0. The Labute approximate surface area is 132 Å². The van der Waals surface area contributed by atoms with Crippen LogP contribution in [0.25, 0.3) is 5.82 Å². The van der Waals surface area contributed by atoms with E-state index in [1.807, 2.05) is 60.2 Å². The van der Waals surface area contributed by atoms with E-state index in [0.717, 1.165) is 10.9 Å². The van der Waals surface area contributed by atoms with E-state index in [2.05, 4.69) is 15.2 Å². The number of carbonyl (C=O) groups excluding carboxylic acids is 1. The van der Waals surface area contributed by atoms with E-state index < -0.39 is 0 Å². The number of carbonyl (C=O) groups is 1. The molecule has 0 amide bonds. The summed E-state index contributed by atoms with van der Waals surface area (Å²) in [5.41, 5.74) is 0.716. The topological polar surface area (TPSA) is 60.7 Å². The van der Waals surface area contributed by atoms with Crippen LogP contribution in [0, 0.1) is 6.92 Å². The molecule has 6 heteroatoms. The average Bonchev–Trinajstić information content (AvgIpc) is 3.00. The molecule has 0 atom stereocenters. The van der Waals surface area contributed by atoms with Crippen LogP contribution in [-0.2, 0) is 0 Å². The van der Waals surface area contributed by atoms with E-state index in [4.69, 9.17) is 0 Å². The molecule has 0 bridgehead atoms.